The van der Waals surface area contributed by atoms with Crippen molar-refractivity contribution in [2.45, 2.75) is 6.42 Å². The summed E-state index contributed by atoms with van der Waals surface area (Å²) in [6.07, 6.45) is 4.59. The Hall–Kier alpha value is -0.680. The molecule has 4 nitrogen and oxygen atoms in total. The van der Waals surface area contributed by atoms with Gasteiger partial charge in [-0.05, 0) is 41.9 Å². The minimum absolute atomic E-state index is 0.733. The number of anilines is 1. The summed E-state index contributed by atoms with van der Waals surface area (Å²) in [6.45, 7) is 3.37. The summed E-state index contributed by atoms with van der Waals surface area (Å²) in [5, 5.41) is 3.35. The van der Waals surface area contributed by atoms with Crippen LogP contribution in [0.1, 0.15) is 6.42 Å². The summed E-state index contributed by atoms with van der Waals surface area (Å²) < 4.78 is 0.927. The summed E-state index contributed by atoms with van der Waals surface area (Å²) >= 11 is 3.42. The monoisotopic (exact) mass is 270 g/mol. The second kappa shape index (κ2) is 4.90. The third-order valence-corrected chi connectivity index (χ3v) is 3.30. The molecule has 1 N–H and O–H groups in total. The van der Waals surface area contributed by atoms with Gasteiger partial charge in [-0.2, -0.15) is 0 Å². The Labute approximate surface area is 98.2 Å². The maximum Gasteiger partial charge on any atom is 0.143 e. The number of nitrogens with zero attached hydrogens (tertiary/aromatic N) is 3. The van der Waals surface area contributed by atoms with Crippen LogP contribution in [-0.4, -0.2) is 41.5 Å². The molecule has 1 aromatic rings. The van der Waals surface area contributed by atoms with Crippen LogP contribution in [0.3, 0.4) is 0 Å². The smallest absolute Gasteiger partial charge is 0.143 e. The number of aromatic nitrogens is 2. The summed E-state index contributed by atoms with van der Waals surface area (Å²) in [7, 11) is 2.17. The fourth-order valence-corrected chi connectivity index (χ4v) is 2.24. The number of nitrogens with one attached hydrogen (secondary N) is 1. The van der Waals surface area contributed by atoms with Crippen LogP contribution >= 0.6 is 15.9 Å². The SMILES string of the molecule is CN1CCC(CNc2ncncc2Br)C1. The van der Waals surface area contributed by atoms with Crippen LogP contribution in [0.25, 0.3) is 0 Å². The van der Waals surface area contributed by atoms with Crippen molar-refractivity contribution in [3.8, 4) is 0 Å². The molecule has 1 saturated heterocycles. The highest BCUT2D eigenvalue weighted by atomic mass is 79.9. The molecule has 2 rings (SSSR count). The van der Waals surface area contributed by atoms with E-state index >= 15 is 0 Å². The van der Waals surface area contributed by atoms with Crippen LogP contribution in [0, 0.1) is 5.92 Å². The molecule has 1 aromatic heterocycles. The molecule has 1 aliphatic heterocycles. The van der Waals surface area contributed by atoms with E-state index in [0.29, 0.717) is 0 Å². The molecule has 0 saturated carbocycles. The van der Waals surface area contributed by atoms with Crippen LogP contribution in [-0.2, 0) is 0 Å². The lowest BCUT2D eigenvalue weighted by molar-refractivity contribution is 0.399. The van der Waals surface area contributed by atoms with Gasteiger partial charge in [-0.15, -0.1) is 0 Å². The van der Waals surface area contributed by atoms with Crippen molar-refractivity contribution in [3.05, 3.63) is 17.0 Å². The molecule has 0 aliphatic carbocycles. The third kappa shape index (κ3) is 2.89. The predicted molar refractivity (Wildman–Crippen MR) is 63.8 cm³/mol. The Morgan fingerprint density at radius 2 is 2.53 bits per heavy atom. The first kappa shape index (κ1) is 10.8. The van der Waals surface area contributed by atoms with Crippen LogP contribution in [0.4, 0.5) is 5.82 Å². The van der Waals surface area contributed by atoms with E-state index in [1.807, 2.05) is 0 Å². The topological polar surface area (TPSA) is 41.0 Å². The Morgan fingerprint density at radius 3 is 3.20 bits per heavy atom. The Balaban J connectivity index is 1.86. The van der Waals surface area contributed by atoms with Crippen LogP contribution < -0.4 is 5.32 Å². The molecule has 15 heavy (non-hydrogen) atoms. The van der Waals surface area contributed by atoms with E-state index in [9.17, 15) is 0 Å². The highest BCUT2D eigenvalue weighted by Crippen LogP contribution is 2.19. The summed E-state index contributed by atoms with van der Waals surface area (Å²) in [5.74, 6) is 1.62. The number of likely N-dealkylation sites (tertiary alicyclic amines) is 1. The largest absolute Gasteiger partial charge is 0.369 e. The van der Waals surface area contributed by atoms with E-state index in [1.54, 1.807) is 12.5 Å². The minimum Gasteiger partial charge on any atom is -0.369 e. The van der Waals surface area contributed by atoms with E-state index in [0.717, 1.165) is 22.8 Å². The molecule has 0 spiro atoms. The van der Waals surface area contributed by atoms with E-state index in [2.05, 4.69) is 43.2 Å². The molecule has 0 bridgehead atoms. The molecule has 2 heterocycles. The molecular weight excluding hydrogens is 256 g/mol. The molecule has 1 atom stereocenters. The van der Waals surface area contributed by atoms with Gasteiger partial charge in [-0.25, -0.2) is 9.97 Å². The molecule has 1 fully saturated rings. The predicted octanol–water partition coefficient (Wildman–Crippen LogP) is 1.60. The average Bonchev–Trinajstić information content (AvgIpc) is 2.63. The van der Waals surface area contributed by atoms with Gasteiger partial charge in [0.25, 0.3) is 0 Å². The number of hydrogen-bond donors (Lipinski definition) is 1. The maximum atomic E-state index is 4.18. The van der Waals surface area contributed by atoms with E-state index in [1.165, 1.54) is 19.5 Å². The molecule has 1 unspecified atom stereocenters. The van der Waals surface area contributed by atoms with Gasteiger partial charge in [0.05, 0.1) is 4.47 Å². The fourth-order valence-electron chi connectivity index (χ4n) is 1.88. The van der Waals surface area contributed by atoms with Crippen LogP contribution in [0.2, 0.25) is 0 Å². The second-order valence-electron chi connectivity index (χ2n) is 4.02. The van der Waals surface area contributed by atoms with Gasteiger partial charge >= 0.3 is 0 Å². The van der Waals surface area contributed by atoms with Crippen molar-refractivity contribution in [3.63, 3.8) is 0 Å². The Morgan fingerprint density at radius 1 is 1.67 bits per heavy atom. The highest BCUT2D eigenvalue weighted by molar-refractivity contribution is 9.10. The van der Waals surface area contributed by atoms with E-state index in [4.69, 9.17) is 0 Å². The molecule has 0 aromatic carbocycles. The average molecular weight is 271 g/mol. The van der Waals surface area contributed by atoms with Crippen molar-refractivity contribution in [1.29, 1.82) is 0 Å². The number of rotatable bonds is 3. The van der Waals surface area contributed by atoms with Crippen LogP contribution in [0.15, 0.2) is 17.0 Å². The minimum atomic E-state index is 0.733. The normalized spacial score (nSPS) is 21.9. The van der Waals surface area contributed by atoms with Crippen molar-refractivity contribution in [2.75, 3.05) is 32.0 Å². The first-order valence-electron chi connectivity index (χ1n) is 5.13. The third-order valence-electron chi connectivity index (χ3n) is 2.71. The zero-order chi connectivity index (χ0) is 10.7. The van der Waals surface area contributed by atoms with Gasteiger partial charge in [0.15, 0.2) is 0 Å². The number of halogens is 1. The molecule has 1 aliphatic rings. The van der Waals surface area contributed by atoms with E-state index < -0.39 is 0 Å². The Bertz CT molecular complexity index is 331. The van der Waals surface area contributed by atoms with Crippen LogP contribution in [0.5, 0.6) is 0 Å². The Kier molecular flexibility index (Phi) is 3.53. The first-order chi connectivity index (χ1) is 7.25. The quantitative estimate of drug-likeness (QED) is 0.906. The van der Waals surface area contributed by atoms with Crippen molar-refractivity contribution < 1.29 is 0 Å². The van der Waals surface area contributed by atoms with Crippen molar-refractivity contribution in [1.82, 2.24) is 14.9 Å². The lowest BCUT2D eigenvalue weighted by atomic mass is 10.1. The van der Waals surface area contributed by atoms with E-state index in [-0.39, 0.29) is 0 Å². The van der Waals surface area contributed by atoms with Crippen molar-refractivity contribution in [2.24, 2.45) is 5.92 Å². The van der Waals surface area contributed by atoms with Gasteiger partial charge in [0.2, 0.25) is 0 Å². The zero-order valence-electron chi connectivity index (χ0n) is 8.78. The lowest BCUT2D eigenvalue weighted by Gasteiger charge is -2.12. The standard InChI is InChI=1S/C10H15BrN4/c1-15-3-2-8(6-15)4-13-10-9(11)5-12-7-14-10/h5,7-8H,2-4,6H2,1H3,(H,12,13,14). The molecule has 0 radical (unpaired) electrons. The van der Waals surface area contributed by atoms with Gasteiger partial charge in [-0.3, -0.25) is 0 Å². The van der Waals surface area contributed by atoms with Gasteiger partial charge in [-0.1, -0.05) is 0 Å². The summed E-state index contributed by atoms with van der Waals surface area (Å²) in [4.78, 5) is 10.5. The van der Waals surface area contributed by atoms with Gasteiger partial charge in [0, 0.05) is 19.3 Å². The fraction of sp³-hybridized carbons (Fsp3) is 0.600. The molecule has 5 heteroatoms. The number of hydrogen-bond acceptors (Lipinski definition) is 4. The summed E-state index contributed by atoms with van der Waals surface area (Å²) in [6, 6.07) is 0. The second-order valence-corrected chi connectivity index (χ2v) is 4.87. The zero-order valence-corrected chi connectivity index (χ0v) is 10.4. The molecule has 0 amide bonds. The van der Waals surface area contributed by atoms with Crippen molar-refractivity contribution >= 4 is 21.7 Å². The van der Waals surface area contributed by atoms with Gasteiger partial charge in [0.1, 0.15) is 12.1 Å². The molecule has 82 valence electrons. The molecular formula is C10H15BrN4. The van der Waals surface area contributed by atoms with Gasteiger partial charge < -0.3 is 10.2 Å². The first-order valence-corrected chi connectivity index (χ1v) is 5.93. The lowest BCUT2D eigenvalue weighted by Crippen LogP contribution is -2.19. The summed E-state index contributed by atoms with van der Waals surface area (Å²) in [5.41, 5.74) is 0. The maximum absolute atomic E-state index is 4.18. The highest BCUT2D eigenvalue weighted by Gasteiger charge is 2.19.